The molecule has 6 heteroatoms. The Morgan fingerprint density at radius 3 is 3.10 bits per heavy atom. The van der Waals surface area contributed by atoms with E-state index in [4.69, 9.17) is 4.74 Å². The van der Waals surface area contributed by atoms with Crippen LogP contribution >= 0.6 is 11.3 Å². The summed E-state index contributed by atoms with van der Waals surface area (Å²) < 4.78 is 5.39. The van der Waals surface area contributed by atoms with Crippen LogP contribution in [0.5, 0.6) is 0 Å². The summed E-state index contributed by atoms with van der Waals surface area (Å²) in [6.45, 7) is 6.95. The van der Waals surface area contributed by atoms with Gasteiger partial charge in [0.25, 0.3) is 0 Å². The van der Waals surface area contributed by atoms with Crippen LogP contribution in [0.4, 0.5) is 0 Å². The molecule has 1 aromatic rings. The van der Waals surface area contributed by atoms with Crippen LogP contribution in [0.15, 0.2) is 5.51 Å². The molecule has 2 unspecified atom stereocenters. The molecule has 2 saturated heterocycles. The number of ether oxygens (including phenoxy) is 1. The first-order valence-electron chi connectivity index (χ1n) is 7.70. The highest BCUT2D eigenvalue weighted by atomic mass is 32.1. The summed E-state index contributed by atoms with van der Waals surface area (Å²) in [6, 6.07) is 0. The maximum Gasteiger partial charge on any atom is 0.228 e. The van der Waals surface area contributed by atoms with Crippen LogP contribution in [0.3, 0.4) is 0 Å². The minimum atomic E-state index is 0.0487. The second-order valence-electron chi connectivity index (χ2n) is 6.00. The third-order valence-corrected chi connectivity index (χ3v) is 5.33. The van der Waals surface area contributed by atoms with Crippen LogP contribution in [0.25, 0.3) is 0 Å². The van der Waals surface area contributed by atoms with Gasteiger partial charge in [-0.3, -0.25) is 4.79 Å². The molecular weight excluding hydrogens is 286 g/mol. The number of carbonyl (C=O) groups is 1. The first-order chi connectivity index (χ1) is 10.2. The Balaban J connectivity index is 1.69. The fourth-order valence-electron chi connectivity index (χ4n) is 3.05. The minimum absolute atomic E-state index is 0.0487. The van der Waals surface area contributed by atoms with E-state index in [0.29, 0.717) is 19.1 Å². The molecule has 0 aliphatic carbocycles. The molecule has 2 aliphatic rings. The summed E-state index contributed by atoms with van der Waals surface area (Å²) in [6.07, 6.45) is 2.02. The topological polar surface area (TPSA) is 54.5 Å². The lowest BCUT2D eigenvalue weighted by molar-refractivity contribution is -0.136. The van der Waals surface area contributed by atoms with Crippen molar-refractivity contribution in [3.05, 3.63) is 16.1 Å². The standard InChI is InChI=1S/C15H23N3O2S/c1-11-14(21-10-17-11)8-18(7-12-2-4-16-6-12)15(19)13-3-5-20-9-13/h10,12-13,16H,2-9H2,1H3. The quantitative estimate of drug-likeness (QED) is 0.894. The summed E-state index contributed by atoms with van der Waals surface area (Å²) in [5.41, 5.74) is 2.91. The van der Waals surface area contributed by atoms with Crippen LogP contribution in [0.2, 0.25) is 0 Å². The van der Waals surface area contributed by atoms with E-state index in [1.165, 1.54) is 4.88 Å². The highest BCUT2D eigenvalue weighted by Crippen LogP contribution is 2.22. The molecule has 1 amide bonds. The van der Waals surface area contributed by atoms with Gasteiger partial charge in [-0.05, 0) is 38.8 Å². The lowest BCUT2D eigenvalue weighted by Crippen LogP contribution is -2.39. The maximum absolute atomic E-state index is 12.8. The largest absolute Gasteiger partial charge is 0.381 e. The Bertz CT molecular complexity index is 479. The number of thiazole rings is 1. The molecule has 2 atom stereocenters. The molecule has 0 spiro atoms. The predicted octanol–water partition coefficient (Wildman–Crippen LogP) is 1.43. The van der Waals surface area contributed by atoms with Crippen molar-refractivity contribution < 1.29 is 9.53 Å². The average Bonchev–Trinajstić information content (AvgIpc) is 3.20. The normalized spacial score (nSPS) is 25.4. The molecule has 1 aromatic heterocycles. The molecule has 2 fully saturated rings. The number of hydrogen-bond acceptors (Lipinski definition) is 5. The second kappa shape index (κ2) is 6.85. The number of rotatable bonds is 5. The van der Waals surface area contributed by atoms with E-state index in [2.05, 4.69) is 10.3 Å². The first kappa shape index (κ1) is 14.9. The number of carbonyl (C=O) groups excluding carboxylic acids is 1. The van der Waals surface area contributed by atoms with Crippen molar-refractivity contribution in [3.8, 4) is 0 Å². The number of nitrogens with one attached hydrogen (secondary N) is 1. The molecule has 5 nitrogen and oxygen atoms in total. The lowest BCUT2D eigenvalue weighted by Gasteiger charge is -2.27. The lowest BCUT2D eigenvalue weighted by atomic mass is 10.0. The predicted molar refractivity (Wildman–Crippen MR) is 82.2 cm³/mol. The zero-order valence-electron chi connectivity index (χ0n) is 12.5. The van der Waals surface area contributed by atoms with Gasteiger partial charge in [-0.25, -0.2) is 4.98 Å². The molecule has 116 valence electrons. The summed E-state index contributed by atoms with van der Waals surface area (Å²) in [4.78, 5) is 20.3. The van der Waals surface area contributed by atoms with Crippen molar-refractivity contribution >= 4 is 17.2 Å². The van der Waals surface area contributed by atoms with Gasteiger partial charge in [0.1, 0.15) is 0 Å². The van der Waals surface area contributed by atoms with Gasteiger partial charge in [-0.1, -0.05) is 0 Å². The Morgan fingerprint density at radius 1 is 1.57 bits per heavy atom. The molecule has 0 aromatic carbocycles. The molecule has 3 rings (SSSR count). The zero-order chi connectivity index (χ0) is 14.7. The fourth-order valence-corrected chi connectivity index (χ4v) is 3.84. The Labute approximate surface area is 129 Å². The summed E-state index contributed by atoms with van der Waals surface area (Å²) >= 11 is 1.64. The molecule has 3 heterocycles. The van der Waals surface area contributed by atoms with Gasteiger partial charge in [0.15, 0.2) is 0 Å². The van der Waals surface area contributed by atoms with Gasteiger partial charge in [0.2, 0.25) is 5.91 Å². The van der Waals surface area contributed by atoms with Crippen LogP contribution in [-0.4, -0.2) is 48.6 Å². The molecule has 0 saturated carbocycles. The van der Waals surface area contributed by atoms with Crippen molar-refractivity contribution in [2.75, 3.05) is 32.8 Å². The van der Waals surface area contributed by atoms with E-state index >= 15 is 0 Å². The van der Waals surface area contributed by atoms with Crippen LogP contribution < -0.4 is 5.32 Å². The second-order valence-corrected chi connectivity index (χ2v) is 6.94. The summed E-state index contributed by atoms with van der Waals surface area (Å²) in [5, 5.41) is 3.38. The van der Waals surface area contributed by atoms with Gasteiger partial charge in [0, 0.05) is 18.0 Å². The van der Waals surface area contributed by atoms with Crippen molar-refractivity contribution in [2.45, 2.75) is 26.3 Å². The van der Waals surface area contributed by atoms with Crippen LogP contribution in [-0.2, 0) is 16.1 Å². The fraction of sp³-hybridized carbons (Fsp3) is 0.733. The molecular formula is C15H23N3O2S. The van der Waals surface area contributed by atoms with Crippen molar-refractivity contribution in [3.63, 3.8) is 0 Å². The van der Waals surface area contributed by atoms with E-state index in [9.17, 15) is 4.79 Å². The van der Waals surface area contributed by atoms with E-state index in [1.807, 2.05) is 17.3 Å². The van der Waals surface area contributed by atoms with Gasteiger partial charge < -0.3 is 15.0 Å². The molecule has 0 bridgehead atoms. The van der Waals surface area contributed by atoms with E-state index in [1.54, 1.807) is 11.3 Å². The molecule has 2 aliphatic heterocycles. The molecule has 1 N–H and O–H groups in total. The highest BCUT2D eigenvalue weighted by Gasteiger charge is 2.30. The Kier molecular flexibility index (Phi) is 4.87. The number of nitrogens with zero attached hydrogens (tertiary/aromatic N) is 2. The van der Waals surface area contributed by atoms with E-state index in [0.717, 1.165) is 44.8 Å². The Hall–Kier alpha value is -0.980. The molecule has 21 heavy (non-hydrogen) atoms. The monoisotopic (exact) mass is 309 g/mol. The third kappa shape index (κ3) is 3.62. The minimum Gasteiger partial charge on any atom is -0.381 e. The first-order valence-corrected chi connectivity index (χ1v) is 8.58. The maximum atomic E-state index is 12.8. The number of amides is 1. The van der Waals surface area contributed by atoms with Gasteiger partial charge in [-0.15, -0.1) is 11.3 Å². The van der Waals surface area contributed by atoms with Crippen molar-refractivity contribution in [2.24, 2.45) is 11.8 Å². The highest BCUT2D eigenvalue weighted by molar-refractivity contribution is 7.09. The van der Waals surface area contributed by atoms with Gasteiger partial charge >= 0.3 is 0 Å². The SMILES string of the molecule is Cc1ncsc1CN(CC1CCNC1)C(=O)C1CCOC1. The number of hydrogen-bond donors (Lipinski definition) is 1. The van der Waals surface area contributed by atoms with Crippen molar-refractivity contribution in [1.29, 1.82) is 0 Å². The van der Waals surface area contributed by atoms with Crippen LogP contribution in [0.1, 0.15) is 23.4 Å². The third-order valence-electron chi connectivity index (χ3n) is 4.41. The van der Waals surface area contributed by atoms with Gasteiger partial charge in [0.05, 0.1) is 30.3 Å². The average molecular weight is 309 g/mol. The van der Waals surface area contributed by atoms with Crippen LogP contribution in [0, 0.1) is 18.8 Å². The molecule has 0 radical (unpaired) electrons. The number of aryl methyl sites for hydroxylation is 1. The number of aromatic nitrogens is 1. The zero-order valence-corrected chi connectivity index (χ0v) is 13.3. The summed E-state index contributed by atoms with van der Waals surface area (Å²) in [5.74, 6) is 0.879. The van der Waals surface area contributed by atoms with E-state index in [-0.39, 0.29) is 11.8 Å². The summed E-state index contributed by atoms with van der Waals surface area (Å²) in [7, 11) is 0. The smallest absolute Gasteiger partial charge is 0.228 e. The van der Waals surface area contributed by atoms with Crippen molar-refractivity contribution in [1.82, 2.24) is 15.2 Å². The van der Waals surface area contributed by atoms with Gasteiger partial charge in [-0.2, -0.15) is 0 Å². The van der Waals surface area contributed by atoms with E-state index < -0.39 is 0 Å². The Morgan fingerprint density at radius 2 is 2.48 bits per heavy atom.